The molecule has 100 valence electrons. The second-order valence-electron chi connectivity index (χ2n) is 4.78. The number of nitrogens with zero attached hydrogens (tertiary/aromatic N) is 1. The molecule has 0 amide bonds. The number of hydrogen-bond acceptors (Lipinski definition) is 4. The maximum absolute atomic E-state index is 11.9. The average Bonchev–Trinajstić information content (AvgIpc) is 2.41. The molecule has 0 heterocycles. The average molecular weight is 260 g/mol. The van der Waals surface area contributed by atoms with Gasteiger partial charge in [0.2, 0.25) is 0 Å². The molecule has 0 spiro atoms. The van der Waals surface area contributed by atoms with Crippen molar-refractivity contribution in [3.63, 3.8) is 0 Å². The minimum absolute atomic E-state index is 0.0561. The van der Waals surface area contributed by atoms with Crippen molar-refractivity contribution in [3.05, 3.63) is 46.2 Å². The van der Waals surface area contributed by atoms with E-state index in [0.717, 1.165) is 30.5 Å². The minimum Gasteiger partial charge on any atom is -0.361 e. The molecule has 19 heavy (non-hydrogen) atoms. The molecule has 1 aromatic carbocycles. The van der Waals surface area contributed by atoms with Gasteiger partial charge in [0.05, 0.1) is 4.92 Å². The molecule has 0 bridgehead atoms. The normalized spacial score (nSPS) is 21.4. The molecule has 1 aliphatic carbocycles. The highest BCUT2D eigenvalue weighted by Crippen LogP contribution is 2.25. The number of anilines is 1. The second-order valence-corrected chi connectivity index (χ2v) is 4.78. The van der Waals surface area contributed by atoms with E-state index in [2.05, 4.69) is 5.32 Å². The van der Waals surface area contributed by atoms with Crippen LogP contribution in [-0.2, 0) is 4.79 Å². The Balaban J connectivity index is 2.05. The van der Waals surface area contributed by atoms with Crippen molar-refractivity contribution in [2.24, 2.45) is 5.92 Å². The highest BCUT2D eigenvalue weighted by molar-refractivity contribution is 5.97. The zero-order valence-corrected chi connectivity index (χ0v) is 10.8. The van der Waals surface area contributed by atoms with Crippen LogP contribution in [0.15, 0.2) is 36.0 Å². The molecule has 0 radical (unpaired) electrons. The van der Waals surface area contributed by atoms with Gasteiger partial charge in [-0.2, -0.15) is 0 Å². The summed E-state index contributed by atoms with van der Waals surface area (Å²) in [7, 11) is 0. The van der Waals surface area contributed by atoms with Crippen molar-refractivity contribution in [1.29, 1.82) is 0 Å². The monoisotopic (exact) mass is 260 g/mol. The molecular formula is C14H16N2O3. The van der Waals surface area contributed by atoms with E-state index in [1.165, 1.54) is 12.1 Å². The molecule has 1 aliphatic rings. The number of carbonyl (C=O) groups excluding carboxylic acids is 1. The van der Waals surface area contributed by atoms with Crippen LogP contribution in [0.4, 0.5) is 11.4 Å². The van der Waals surface area contributed by atoms with Gasteiger partial charge in [-0.3, -0.25) is 14.9 Å². The molecule has 5 nitrogen and oxygen atoms in total. The number of allylic oxidation sites excluding steroid dienone is 1. The Morgan fingerprint density at radius 1 is 1.37 bits per heavy atom. The van der Waals surface area contributed by atoms with Crippen LogP contribution in [0.5, 0.6) is 0 Å². The molecule has 0 aliphatic heterocycles. The smallest absolute Gasteiger partial charge is 0.269 e. The topological polar surface area (TPSA) is 72.2 Å². The molecule has 1 atom stereocenters. The SMILES string of the molecule is C[C@H]1CCC/C(=C/Nc2ccc([N+](=O)[O-])cc2)C1=O. The minimum atomic E-state index is -0.436. The number of non-ortho nitro benzene ring substituents is 1. The standard InChI is InChI=1S/C14H16N2O3/c1-10-3-2-4-11(14(10)17)9-15-12-5-7-13(8-6-12)16(18)19/h5-10,15H,2-4H2,1H3/b11-9-/t10-/m0/s1. The molecule has 0 unspecified atom stereocenters. The molecule has 1 saturated carbocycles. The molecular weight excluding hydrogens is 244 g/mol. The van der Waals surface area contributed by atoms with E-state index >= 15 is 0 Å². The number of nitrogens with one attached hydrogen (secondary N) is 1. The van der Waals surface area contributed by atoms with Crippen LogP contribution in [-0.4, -0.2) is 10.7 Å². The molecule has 1 N–H and O–H groups in total. The lowest BCUT2D eigenvalue weighted by atomic mass is 9.86. The fourth-order valence-electron chi connectivity index (χ4n) is 2.16. The highest BCUT2D eigenvalue weighted by atomic mass is 16.6. The van der Waals surface area contributed by atoms with Gasteiger partial charge in [0, 0.05) is 35.5 Å². The van der Waals surface area contributed by atoms with Crippen LogP contribution >= 0.6 is 0 Å². The van der Waals surface area contributed by atoms with Gasteiger partial charge in [-0.25, -0.2) is 0 Å². The maximum Gasteiger partial charge on any atom is 0.269 e. The zero-order chi connectivity index (χ0) is 13.8. The van der Waals surface area contributed by atoms with Crippen molar-refractivity contribution >= 4 is 17.2 Å². The van der Waals surface area contributed by atoms with Crippen molar-refractivity contribution in [1.82, 2.24) is 0 Å². The number of carbonyl (C=O) groups is 1. The van der Waals surface area contributed by atoms with Gasteiger partial charge in [-0.15, -0.1) is 0 Å². The molecule has 0 saturated heterocycles. The number of hydrogen-bond donors (Lipinski definition) is 1. The van der Waals surface area contributed by atoms with Crippen LogP contribution < -0.4 is 5.32 Å². The summed E-state index contributed by atoms with van der Waals surface area (Å²) in [6, 6.07) is 6.14. The predicted molar refractivity (Wildman–Crippen MR) is 72.8 cm³/mol. The summed E-state index contributed by atoms with van der Waals surface area (Å²) < 4.78 is 0. The molecule has 2 rings (SSSR count). The summed E-state index contributed by atoms with van der Waals surface area (Å²) in [5.41, 5.74) is 1.60. The predicted octanol–water partition coefficient (Wildman–Crippen LogP) is 3.28. The van der Waals surface area contributed by atoms with Gasteiger partial charge < -0.3 is 5.32 Å². The Labute approximate surface area is 111 Å². The number of Topliss-reactive ketones (excluding diaryl/α,β-unsaturated/α-hetero) is 1. The third-order valence-electron chi connectivity index (χ3n) is 3.34. The first-order valence-corrected chi connectivity index (χ1v) is 6.32. The lowest BCUT2D eigenvalue weighted by Crippen LogP contribution is -2.19. The maximum atomic E-state index is 11.9. The molecule has 1 fully saturated rings. The summed E-state index contributed by atoms with van der Waals surface area (Å²) >= 11 is 0. The Hall–Kier alpha value is -2.17. The number of nitro groups is 1. The van der Waals surface area contributed by atoms with Gasteiger partial charge >= 0.3 is 0 Å². The van der Waals surface area contributed by atoms with Crippen molar-refractivity contribution < 1.29 is 9.72 Å². The fourth-order valence-corrected chi connectivity index (χ4v) is 2.16. The van der Waals surface area contributed by atoms with Crippen LogP contribution in [0, 0.1) is 16.0 Å². The number of rotatable bonds is 3. The van der Waals surface area contributed by atoms with E-state index in [-0.39, 0.29) is 17.4 Å². The van der Waals surface area contributed by atoms with Gasteiger partial charge in [0.1, 0.15) is 0 Å². The first-order valence-electron chi connectivity index (χ1n) is 6.32. The number of benzene rings is 1. The van der Waals surface area contributed by atoms with E-state index in [4.69, 9.17) is 0 Å². The van der Waals surface area contributed by atoms with Crippen molar-refractivity contribution in [2.45, 2.75) is 26.2 Å². The lowest BCUT2D eigenvalue weighted by Gasteiger charge is -2.19. The van der Waals surface area contributed by atoms with E-state index in [9.17, 15) is 14.9 Å². The Morgan fingerprint density at radius 3 is 2.68 bits per heavy atom. The summed E-state index contributed by atoms with van der Waals surface area (Å²) in [6.07, 6.45) is 4.50. The highest BCUT2D eigenvalue weighted by Gasteiger charge is 2.22. The van der Waals surface area contributed by atoms with E-state index in [0.29, 0.717) is 0 Å². The van der Waals surface area contributed by atoms with E-state index < -0.39 is 4.92 Å². The zero-order valence-electron chi connectivity index (χ0n) is 10.8. The summed E-state index contributed by atoms with van der Waals surface area (Å²) in [5.74, 6) is 0.291. The van der Waals surface area contributed by atoms with Crippen LogP contribution in [0.25, 0.3) is 0 Å². The van der Waals surface area contributed by atoms with Gasteiger partial charge in [-0.05, 0) is 31.4 Å². The fraction of sp³-hybridized carbons (Fsp3) is 0.357. The molecule has 1 aromatic rings. The Bertz CT molecular complexity index is 520. The van der Waals surface area contributed by atoms with Crippen molar-refractivity contribution in [2.75, 3.05) is 5.32 Å². The third-order valence-corrected chi connectivity index (χ3v) is 3.34. The number of ketones is 1. The Kier molecular flexibility index (Phi) is 3.94. The quantitative estimate of drug-likeness (QED) is 0.514. The van der Waals surface area contributed by atoms with E-state index in [1.54, 1.807) is 18.3 Å². The number of nitro benzene ring substituents is 1. The third kappa shape index (κ3) is 3.19. The van der Waals surface area contributed by atoms with Gasteiger partial charge in [-0.1, -0.05) is 6.92 Å². The molecule has 5 heteroatoms. The Morgan fingerprint density at radius 2 is 2.05 bits per heavy atom. The summed E-state index contributed by atoms with van der Waals surface area (Å²) in [5, 5.41) is 13.6. The summed E-state index contributed by atoms with van der Waals surface area (Å²) in [4.78, 5) is 22.0. The first-order chi connectivity index (χ1) is 9.08. The molecule has 0 aromatic heterocycles. The van der Waals surface area contributed by atoms with Crippen LogP contribution in [0.2, 0.25) is 0 Å². The van der Waals surface area contributed by atoms with Crippen LogP contribution in [0.3, 0.4) is 0 Å². The lowest BCUT2D eigenvalue weighted by molar-refractivity contribution is -0.384. The second kappa shape index (κ2) is 5.65. The van der Waals surface area contributed by atoms with E-state index in [1.807, 2.05) is 6.92 Å². The van der Waals surface area contributed by atoms with Gasteiger partial charge in [0.15, 0.2) is 5.78 Å². The van der Waals surface area contributed by atoms with Crippen LogP contribution in [0.1, 0.15) is 26.2 Å². The summed E-state index contributed by atoms with van der Waals surface area (Å²) in [6.45, 7) is 1.95. The first kappa shape index (κ1) is 13.3. The van der Waals surface area contributed by atoms with Crippen molar-refractivity contribution in [3.8, 4) is 0 Å². The van der Waals surface area contributed by atoms with Gasteiger partial charge in [0.25, 0.3) is 5.69 Å². The largest absolute Gasteiger partial charge is 0.361 e.